The van der Waals surface area contributed by atoms with Gasteiger partial charge in [0, 0.05) is 46.7 Å². The minimum atomic E-state index is 1.06. The fourth-order valence-electron chi connectivity index (χ4n) is 4.39. The standard InChI is InChI=1S/C26H36N2S.C3H8/c1-7-11-13-22(24-18-21(12-8-2)19(5)27(24)15-9-3)25-20(6)28(16-10-4)26-23(25)14-17-29-26;1-3-2/h8,12-14,17-18H,7,9-11,15-16H2,1-6H3;3H2,1-2H3/b12-8-,22-13+;. The highest BCUT2D eigenvalue weighted by Gasteiger charge is 2.22. The summed E-state index contributed by atoms with van der Waals surface area (Å²) in [4.78, 5) is 1.42. The van der Waals surface area contributed by atoms with Crippen LogP contribution in [-0.4, -0.2) is 9.13 Å². The molecule has 3 heterocycles. The van der Waals surface area contributed by atoms with Crippen molar-refractivity contribution in [2.45, 2.75) is 101 Å². The molecule has 0 N–H and O–H groups in total. The van der Waals surface area contributed by atoms with E-state index in [0.717, 1.165) is 32.4 Å². The summed E-state index contributed by atoms with van der Waals surface area (Å²) in [6, 6.07) is 4.72. The van der Waals surface area contributed by atoms with E-state index in [0.29, 0.717) is 0 Å². The molecular formula is C29H44N2S. The van der Waals surface area contributed by atoms with Crippen LogP contribution in [0.3, 0.4) is 0 Å². The maximum Gasteiger partial charge on any atom is 0.103 e. The zero-order chi connectivity index (χ0) is 23.7. The van der Waals surface area contributed by atoms with E-state index in [9.17, 15) is 0 Å². The monoisotopic (exact) mass is 452 g/mol. The molecule has 3 heteroatoms. The van der Waals surface area contributed by atoms with Gasteiger partial charge < -0.3 is 9.13 Å². The van der Waals surface area contributed by atoms with Gasteiger partial charge in [-0.1, -0.05) is 65.7 Å². The van der Waals surface area contributed by atoms with Gasteiger partial charge >= 0.3 is 0 Å². The maximum absolute atomic E-state index is 2.53. The molecule has 32 heavy (non-hydrogen) atoms. The minimum Gasteiger partial charge on any atom is -0.344 e. The summed E-state index contributed by atoms with van der Waals surface area (Å²) in [5, 5.41) is 3.66. The molecule has 0 spiro atoms. The van der Waals surface area contributed by atoms with Gasteiger partial charge in [-0.25, -0.2) is 0 Å². The molecule has 3 aromatic rings. The third kappa shape index (κ3) is 5.49. The molecule has 3 aromatic heterocycles. The predicted octanol–water partition coefficient (Wildman–Crippen LogP) is 9.62. The summed E-state index contributed by atoms with van der Waals surface area (Å²) >= 11 is 1.87. The van der Waals surface area contributed by atoms with Crippen molar-refractivity contribution in [2.75, 3.05) is 0 Å². The predicted molar refractivity (Wildman–Crippen MR) is 147 cm³/mol. The van der Waals surface area contributed by atoms with E-state index in [-0.39, 0.29) is 0 Å². The molecular weight excluding hydrogens is 408 g/mol. The molecule has 0 bridgehead atoms. The molecule has 0 fully saturated rings. The van der Waals surface area contributed by atoms with Crippen LogP contribution < -0.4 is 0 Å². The van der Waals surface area contributed by atoms with Crippen molar-refractivity contribution in [2.24, 2.45) is 0 Å². The minimum absolute atomic E-state index is 1.06. The number of hydrogen-bond donors (Lipinski definition) is 0. The molecule has 3 rings (SSSR count). The second kappa shape index (κ2) is 12.9. The molecule has 2 nitrogen and oxygen atoms in total. The van der Waals surface area contributed by atoms with Crippen LogP contribution in [0.1, 0.15) is 102 Å². The first-order valence-corrected chi connectivity index (χ1v) is 13.5. The fourth-order valence-corrected chi connectivity index (χ4v) is 5.37. The first kappa shape index (κ1) is 26.3. The van der Waals surface area contributed by atoms with Gasteiger partial charge in [0.25, 0.3) is 0 Å². The van der Waals surface area contributed by atoms with Crippen molar-refractivity contribution in [1.82, 2.24) is 9.13 Å². The van der Waals surface area contributed by atoms with Gasteiger partial charge in [0.1, 0.15) is 4.83 Å². The number of allylic oxidation sites excluding steroid dienone is 2. The van der Waals surface area contributed by atoms with Gasteiger partial charge in [-0.2, -0.15) is 0 Å². The highest BCUT2D eigenvalue weighted by molar-refractivity contribution is 7.16. The van der Waals surface area contributed by atoms with Gasteiger partial charge in [-0.15, -0.1) is 11.3 Å². The van der Waals surface area contributed by atoms with Crippen LogP contribution in [0.2, 0.25) is 0 Å². The summed E-state index contributed by atoms with van der Waals surface area (Å²) < 4.78 is 5.06. The van der Waals surface area contributed by atoms with Crippen molar-refractivity contribution in [3.63, 3.8) is 0 Å². The Labute approximate surface area is 200 Å². The zero-order valence-corrected chi connectivity index (χ0v) is 22.5. The van der Waals surface area contributed by atoms with Gasteiger partial charge in [0.2, 0.25) is 0 Å². The maximum atomic E-state index is 2.53. The normalized spacial score (nSPS) is 12.1. The molecule has 0 unspecified atom stereocenters. The summed E-state index contributed by atoms with van der Waals surface area (Å²) in [6.45, 7) is 19.9. The second-order valence-corrected chi connectivity index (χ2v) is 9.48. The summed E-state index contributed by atoms with van der Waals surface area (Å²) in [5.74, 6) is 0. The summed E-state index contributed by atoms with van der Waals surface area (Å²) in [6.07, 6.45) is 12.7. The lowest BCUT2D eigenvalue weighted by atomic mass is 9.98. The molecule has 0 atom stereocenters. The van der Waals surface area contributed by atoms with Crippen molar-refractivity contribution in [3.05, 3.63) is 57.9 Å². The molecule has 0 aliphatic heterocycles. The van der Waals surface area contributed by atoms with Gasteiger partial charge in [-0.3, -0.25) is 0 Å². The van der Waals surface area contributed by atoms with Gasteiger partial charge in [0.05, 0.1) is 0 Å². The molecule has 0 saturated heterocycles. The molecule has 0 amide bonds. The molecule has 0 aliphatic carbocycles. The lowest BCUT2D eigenvalue weighted by Crippen LogP contribution is -2.06. The van der Waals surface area contributed by atoms with Crippen molar-refractivity contribution >= 4 is 33.2 Å². The number of rotatable bonds is 9. The topological polar surface area (TPSA) is 9.86 Å². The quantitative estimate of drug-likeness (QED) is 0.306. The number of nitrogens with zero attached hydrogens (tertiary/aromatic N) is 2. The molecule has 0 aliphatic rings. The fraction of sp³-hybridized carbons (Fsp3) is 0.517. The van der Waals surface area contributed by atoms with Crippen molar-refractivity contribution in [1.29, 1.82) is 0 Å². The Bertz CT molecular complexity index is 1040. The second-order valence-electron chi connectivity index (χ2n) is 8.59. The third-order valence-corrected chi connectivity index (χ3v) is 6.69. The van der Waals surface area contributed by atoms with Crippen LogP contribution in [0.4, 0.5) is 0 Å². The molecule has 0 aromatic carbocycles. The average molecular weight is 453 g/mol. The Kier molecular flexibility index (Phi) is 10.6. The summed E-state index contributed by atoms with van der Waals surface area (Å²) in [7, 11) is 0. The first-order valence-electron chi connectivity index (χ1n) is 12.6. The lowest BCUT2D eigenvalue weighted by Gasteiger charge is -2.15. The Morgan fingerprint density at radius 1 is 0.938 bits per heavy atom. The van der Waals surface area contributed by atoms with Crippen LogP contribution in [-0.2, 0) is 13.1 Å². The van der Waals surface area contributed by atoms with Crippen molar-refractivity contribution < 1.29 is 0 Å². The van der Waals surface area contributed by atoms with Crippen LogP contribution >= 0.6 is 11.3 Å². The van der Waals surface area contributed by atoms with E-state index in [1.54, 1.807) is 0 Å². The lowest BCUT2D eigenvalue weighted by molar-refractivity contribution is 0.658. The Morgan fingerprint density at radius 3 is 2.19 bits per heavy atom. The number of unbranched alkanes of at least 4 members (excludes halogenated alkanes) is 1. The van der Waals surface area contributed by atoms with E-state index >= 15 is 0 Å². The number of aryl methyl sites for hydroxylation is 1. The van der Waals surface area contributed by atoms with Gasteiger partial charge in [0.15, 0.2) is 0 Å². The molecule has 0 radical (unpaired) electrons. The van der Waals surface area contributed by atoms with E-state index in [1.807, 2.05) is 11.3 Å². The van der Waals surface area contributed by atoms with Crippen LogP contribution in [0.15, 0.2) is 29.7 Å². The van der Waals surface area contributed by atoms with E-state index in [4.69, 9.17) is 0 Å². The first-order chi connectivity index (χ1) is 15.5. The molecule has 176 valence electrons. The largest absolute Gasteiger partial charge is 0.344 e. The van der Waals surface area contributed by atoms with Crippen LogP contribution in [0, 0.1) is 13.8 Å². The number of fused-ring (bicyclic) bond motifs is 1. The molecule has 0 saturated carbocycles. The highest BCUT2D eigenvalue weighted by atomic mass is 32.1. The number of hydrogen-bond acceptors (Lipinski definition) is 1. The summed E-state index contributed by atoms with van der Waals surface area (Å²) in [5.41, 5.74) is 8.33. The van der Waals surface area contributed by atoms with E-state index < -0.39 is 0 Å². The average Bonchev–Trinajstić information content (AvgIpc) is 3.42. The highest BCUT2D eigenvalue weighted by Crippen LogP contribution is 2.39. The number of thiophene rings is 1. The van der Waals surface area contributed by atoms with Crippen LogP contribution in [0.25, 0.3) is 21.9 Å². The third-order valence-electron chi connectivity index (χ3n) is 5.75. The Hall–Kier alpha value is -2.00. The Morgan fingerprint density at radius 2 is 1.59 bits per heavy atom. The number of aromatic nitrogens is 2. The smallest absolute Gasteiger partial charge is 0.103 e. The SMILES string of the molecule is C/C=C\c1cc(/C(=C\CCC)c2c(C)n(CCC)c3sccc23)n(CCC)c1C.CCC. The zero-order valence-electron chi connectivity index (χ0n) is 21.7. The van der Waals surface area contributed by atoms with E-state index in [2.05, 4.69) is 100 Å². The Balaban J connectivity index is 0.00000114. The van der Waals surface area contributed by atoms with Crippen LogP contribution in [0.5, 0.6) is 0 Å². The van der Waals surface area contributed by atoms with Gasteiger partial charge in [-0.05, 0) is 63.1 Å². The van der Waals surface area contributed by atoms with E-state index in [1.165, 1.54) is 56.8 Å². The van der Waals surface area contributed by atoms with Crippen molar-refractivity contribution in [3.8, 4) is 0 Å².